The Morgan fingerprint density at radius 1 is 1.48 bits per heavy atom. The quantitative estimate of drug-likeness (QED) is 0.591. The number of nitrogens with two attached hydrogens (primary N) is 1. The second kappa shape index (κ2) is 7.64. The number of methoxy groups -OCH3 is 1. The lowest BCUT2D eigenvalue weighted by Crippen LogP contribution is -2.17. The van der Waals surface area contributed by atoms with E-state index in [1.807, 2.05) is 24.3 Å². The molecule has 0 spiro atoms. The van der Waals surface area contributed by atoms with Crippen molar-refractivity contribution in [2.75, 3.05) is 20.5 Å². The molecule has 0 heterocycles. The Morgan fingerprint density at radius 2 is 2.24 bits per heavy atom. The van der Waals surface area contributed by atoms with Crippen LogP contribution in [0.4, 0.5) is 4.79 Å². The molecule has 1 saturated carbocycles. The maximum Gasteiger partial charge on any atom is 0.404 e. The van der Waals surface area contributed by atoms with E-state index >= 15 is 0 Å². The zero-order valence-electron chi connectivity index (χ0n) is 12.0. The average molecular weight is 314 g/mol. The third kappa shape index (κ3) is 4.59. The van der Waals surface area contributed by atoms with E-state index in [4.69, 9.17) is 31.5 Å². The fourth-order valence-corrected chi connectivity index (χ4v) is 2.90. The largest absolute Gasteiger partial charge is 0.446 e. The summed E-state index contributed by atoms with van der Waals surface area (Å²) in [5.74, 6) is 0.420. The minimum Gasteiger partial charge on any atom is -0.446 e. The Bertz CT molecular complexity index is 482. The summed E-state index contributed by atoms with van der Waals surface area (Å²) in [5.41, 5.74) is 6.13. The first kappa shape index (κ1) is 16.1. The van der Waals surface area contributed by atoms with Gasteiger partial charge in [-0.2, -0.15) is 0 Å². The van der Waals surface area contributed by atoms with E-state index in [1.165, 1.54) is 0 Å². The highest BCUT2D eigenvalue weighted by atomic mass is 35.5. The Labute approximate surface area is 129 Å². The molecule has 2 N–H and O–H groups in total. The van der Waals surface area contributed by atoms with E-state index < -0.39 is 6.09 Å². The van der Waals surface area contributed by atoms with Crippen LogP contribution in [0.5, 0.6) is 0 Å². The molecule has 1 aromatic carbocycles. The lowest BCUT2D eigenvalue weighted by molar-refractivity contribution is -0.0332. The predicted octanol–water partition coefficient (Wildman–Crippen LogP) is 2.92. The number of benzene rings is 1. The maximum absolute atomic E-state index is 10.9. The second-order valence-electron chi connectivity index (χ2n) is 5.11. The van der Waals surface area contributed by atoms with Gasteiger partial charge in [0.2, 0.25) is 0 Å². The van der Waals surface area contributed by atoms with Gasteiger partial charge in [0.25, 0.3) is 0 Å². The predicted molar refractivity (Wildman–Crippen MR) is 79.2 cm³/mol. The van der Waals surface area contributed by atoms with Crippen LogP contribution in [0.1, 0.15) is 24.3 Å². The molecule has 1 aliphatic rings. The number of carbonyl (C=O) groups is 1. The van der Waals surface area contributed by atoms with Crippen molar-refractivity contribution in [3.05, 3.63) is 34.9 Å². The Balaban J connectivity index is 2.01. The fourth-order valence-electron chi connectivity index (χ4n) is 2.63. The third-order valence-corrected chi connectivity index (χ3v) is 3.99. The molecule has 0 saturated heterocycles. The number of hydrogen-bond donors (Lipinski definition) is 1. The van der Waals surface area contributed by atoms with Crippen molar-refractivity contribution in [1.29, 1.82) is 0 Å². The summed E-state index contributed by atoms with van der Waals surface area (Å²) in [6.07, 6.45) is 0.752. The van der Waals surface area contributed by atoms with Crippen LogP contribution in [-0.2, 0) is 14.2 Å². The van der Waals surface area contributed by atoms with Crippen LogP contribution in [0.2, 0.25) is 5.02 Å². The number of ether oxygens (including phenoxy) is 3. The zero-order chi connectivity index (χ0) is 15.2. The minimum absolute atomic E-state index is 0.119. The number of primary amides is 1. The SMILES string of the molecule is COCOCC[C@@H](c1ccccc1Cl)[C@H]1CC1OC(N)=O. The highest BCUT2D eigenvalue weighted by Gasteiger charge is 2.46. The Morgan fingerprint density at radius 3 is 2.90 bits per heavy atom. The van der Waals surface area contributed by atoms with Crippen LogP contribution in [-0.4, -0.2) is 32.7 Å². The smallest absolute Gasteiger partial charge is 0.404 e. The normalized spacial score (nSPS) is 21.8. The lowest BCUT2D eigenvalue weighted by Gasteiger charge is -2.18. The number of amides is 1. The van der Waals surface area contributed by atoms with Gasteiger partial charge in [0.05, 0.1) is 6.61 Å². The van der Waals surface area contributed by atoms with Crippen molar-refractivity contribution in [2.45, 2.75) is 24.9 Å². The molecular weight excluding hydrogens is 294 g/mol. The molecule has 3 atom stereocenters. The van der Waals surface area contributed by atoms with Gasteiger partial charge in [-0.05, 0) is 30.4 Å². The molecule has 21 heavy (non-hydrogen) atoms. The molecule has 1 unspecified atom stereocenters. The van der Waals surface area contributed by atoms with Gasteiger partial charge in [-0.1, -0.05) is 29.8 Å². The molecule has 5 nitrogen and oxygen atoms in total. The topological polar surface area (TPSA) is 70.8 Å². The van der Waals surface area contributed by atoms with Crippen molar-refractivity contribution in [3.63, 3.8) is 0 Å². The van der Waals surface area contributed by atoms with Gasteiger partial charge in [-0.3, -0.25) is 0 Å². The molecule has 1 amide bonds. The van der Waals surface area contributed by atoms with Crippen LogP contribution < -0.4 is 5.73 Å². The highest BCUT2D eigenvalue weighted by molar-refractivity contribution is 6.31. The molecule has 0 radical (unpaired) electrons. The lowest BCUT2D eigenvalue weighted by atomic mass is 9.91. The van der Waals surface area contributed by atoms with Crippen LogP contribution >= 0.6 is 11.6 Å². The van der Waals surface area contributed by atoms with Crippen LogP contribution in [0, 0.1) is 5.92 Å². The minimum atomic E-state index is -0.726. The first-order valence-corrected chi connectivity index (χ1v) is 7.28. The number of rotatable bonds is 8. The second-order valence-corrected chi connectivity index (χ2v) is 5.51. The average Bonchev–Trinajstić information content (AvgIpc) is 3.18. The van der Waals surface area contributed by atoms with Gasteiger partial charge >= 0.3 is 6.09 Å². The summed E-state index contributed by atoms with van der Waals surface area (Å²) in [7, 11) is 1.59. The zero-order valence-corrected chi connectivity index (χ0v) is 12.7. The molecule has 0 bridgehead atoms. The van der Waals surface area contributed by atoms with E-state index in [-0.39, 0.29) is 24.7 Å². The molecule has 1 aliphatic carbocycles. The summed E-state index contributed by atoms with van der Waals surface area (Å²) in [6.45, 7) is 0.824. The van der Waals surface area contributed by atoms with Crippen molar-refractivity contribution < 1.29 is 19.0 Å². The highest BCUT2D eigenvalue weighted by Crippen LogP contribution is 2.48. The molecule has 1 aromatic rings. The summed E-state index contributed by atoms with van der Waals surface area (Å²) in [4.78, 5) is 10.9. The summed E-state index contributed by atoms with van der Waals surface area (Å²) in [6, 6.07) is 7.72. The number of carbonyl (C=O) groups excluding carboxylic acids is 1. The standard InChI is InChI=1S/C15H20ClNO4/c1-19-9-20-7-6-10(11-4-2-3-5-13(11)16)12-8-14(12)21-15(17)18/h2-5,10,12,14H,6-9H2,1H3,(H2,17,18)/t10-,12+,14?/m0/s1. The molecule has 6 heteroatoms. The molecule has 2 rings (SSSR count). The van der Waals surface area contributed by atoms with Crippen LogP contribution in [0.15, 0.2) is 24.3 Å². The Hall–Kier alpha value is -1.30. The van der Waals surface area contributed by atoms with Gasteiger partial charge in [-0.15, -0.1) is 0 Å². The van der Waals surface area contributed by atoms with Crippen LogP contribution in [0.3, 0.4) is 0 Å². The van der Waals surface area contributed by atoms with E-state index in [2.05, 4.69) is 0 Å². The molecule has 0 aliphatic heterocycles. The van der Waals surface area contributed by atoms with E-state index in [9.17, 15) is 4.79 Å². The Kier molecular flexibility index (Phi) is 5.85. The van der Waals surface area contributed by atoms with Crippen LogP contribution in [0.25, 0.3) is 0 Å². The van der Waals surface area contributed by atoms with Gasteiger partial charge in [0.1, 0.15) is 12.9 Å². The van der Waals surface area contributed by atoms with Gasteiger partial charge in [0, 0.05) is 18.1 Å². The molecular formula is C15H20ClNO4. The number of hydrogen-bond acceptors (Lipinski definition) is 4. The van der Waals surface area contributed by atoms with Crippen molar-refractivity contribution in [1.82, 2.24) is 0 Å². The first-order valence-electron chi connectivity index (χ1n) is 6.90. The van der Waals surface area contributed by atoms with E-state index in [0.29, 0.717) is 6.61 Å². The molecule has 0 aromatic heterocycles. The maximum atomic E-state index is 10.9. The molecule has 116 valence electrons. The number of halogens is 1. The third-order valence-electron chi connectivity index (χ3n) is 3.64. The van der Waals surface area contributed by atoms with Gasteiger partial charge in [0.15, 0.2) is 0 Å². The summed E-state index contributed by atoms with van der Waals surface area (Å²) in [5, 5.41) is 0.721. The van der Waals surface area contributed by atoms with Gasteiger partial charge < -0.3 is 19.9 Å². The van der Waals surface area contributed by atoms with Crippen molar-refractivity contribution in [2.24, 2.45) is 11.7 Å². The fraction of sp³-hybridized carbons (Fsp3) is 0.533. The first-order chi connectivity index (χ1) is 10.1. The monoisotopic (exact) mass is 313 g/mol. The summed E-state index contributed by atoms with van der Waals surface area (Å²) < 4.78 is 15.3. The van der Waals surface area contributed by atoms with E-state index in [0.717, 1.165) is 23.4 Å². The van der Waals surface area contributed by atoms with Gasteiger partial charge in [-0.25, -0.2) is 4.79 Å². The van der Waals surface area contributed by atoms with E-state index in [1.54, 1.807) is 7.11 Å². The summed E-state index contributed by atoms with van der Waals surface area (Å²) >= 11 is 6.29. The molecule has 1 fully saturated rings. The van der Waals surface area contributed by atoms with Crippen molar-refractivity contribution in [3.8, 4) is 0 Å². The van der Waals surface area contributed by atoms with Crippen molar-refractivity contribution >= 4 is 17.7 Å².